The van der Waals surface area contributed by atoms with Gasteiger partial charge < -0.3 is 4.74 Å². The van der Waals surface area contributed by atoms with Crippen LogP contribution in [0.2, 0.25) is 0 Å². The minimum Gasteiger partial charge on any atom is -0.464 e. The summed E-state index contributed by atoms with van der Waals surface area (Å²) in [4.78, 5) is 11.6. The molecule has 0 atom stereocenters. The highest BCUT2D eigenvalue weighted by Crippen LogP contribution is 2.19. The average Bonchev–Trinajstić information content (AvgIpc) is 2.68. The summed E-state index contributed by atoms with van der Waals surface area (Å²) in [6, 6.07) is 0. The number of carbonyl (C=O) groups is 1. The lowest BCUT2D eigenvalue weighted by molar-refractivity contribution is 0.0592. The molecule has 0 saturated heterocycles. The highest BCUT2D eigenvalue weighted by molar-refractivity contribution is 5.88. The van der Waals surface area contributed by atoms with Gasteiger partial charge in [0.25, 0.3) is 0 Å². The first kappa shape index (κ1) is 13.7. The first-order valence-electron chi connectivity index (χ1n) is 5.99. The van der Waals surface area contributed by atoms with E-state index >= 15 is 0 Å². The van der Waals surface area contributed by atoms with E-state index in [2.05, 4.69) is 24.2 Å². The van der Waals surface area contributed by atoms with Crippen LogP contribution < -0.4 is 0 Å². The monoisotopic (exact) mass is 239 g/mol. The lowest BCUT2D eigenvalue weighted by Gasteiger charge is -2.11. The highest BCUT2D eigenvalue weighted by atomic mass is 16.5. The second-order valence-corrected chi connectivity index (χ2v) is 4.88. The van der Waals surface area contributed by atoms with Crippen molar-refractivity contribution in [2.75, 3.05) is 7.11 Å². The van der Waals surface area contributed by atoms with Crippen molar-refractivity contribution in [3.05, 3.63) is 11.4 Å². The number of esters is 1. The van der Waals surface area contributed by atoms with Crippen LogP contribution in [0.4, 0.5) is 0 Å². The molecule has 1 aromatic heterocycles. The molecule has 0 saturated carbocycles. The summed E-state index contributed by atoms with van der Waals surface area (Å²) < 4.78 is 6.53. The van der Waals surface area contributed by atoms with E-state index in [1.54, 1.807) is 0 Å². The number of hydrogen-bond donors (Lipinski definition) is 0. The van der Waals surface area contributed by atoms with Gasteiger partial charge in [0.1, 0.15) is 0 Å². The molecule has 0 fully saturated rings. The number of aryl methyl sites for hydroxylation is 1. The van der Waals surface area contributed by atoms with Gasteiger partial charge in [0, 0.05) is 6.54 Å². The van der Waals surface area contributed by atoms with Crippen LogP contribution in [0.1, 0.15) is 56.2 Å². The van der Waals surface area contributed by atoms with E-state index < -0.39 is 5.97 Å². The maximum Gasteiger partial charge on any atom is 0.360 e. The number of carbonyl (C=O) groups excluding carboxylic acids is 1. The maximum absolute atomic E-state index is 11.6. The molecular weight excluding hydrogens is 218 g/mol. The van der Waals surface area contributed by atoms with Crippen LogP contribution in [0.15, 0.2) is 0 Å². The molecule has 96 valence electrons. The number of hydrogen-bond acceptors (Lipinski definition) is 4. The van der Waals surface area contributed by atoms with E-state index in [0.717, 1.165) is 18.7 Å². The van der Waals surface area contributed by atoms with E-state index in [9.17, 15) is 4.79 Å². The summed E-state index contributed by atoms with van der Waals surface area (Å²) in [6.07, 6.45) is 1.02. The largest absolute Gasteiger partial charge is 0.464 e. The molecule has 0 unspecified atom stereocenters. The zero-order chi connectivity index (χ0) is 13.0. The van der Waals surface area contributed by atoms with E-state index in [1.807, 2.05) is 18.5 Å². The molecule has 0 aliphatic rings. The van der Waals surface area contributed by atoms with E-state index in [0.29, 0.717) is 11.6 Å². The molecule has 0 aromatic carbocycles. The third-order valence-corrected chi connectivity index (χ3v) is 2.62. The predicted molar refractivity (Wildman–Crippen MR) is 64.9 cm³/mol. The predicted octanol–water partition coefficient (Wildman–Crippen LogP) is 2.23. The zero-order valence-corrected chi connectivity index (χ0v) is 11.2. The van der Waals surface area contributed by atoms with Crippen molar-refractivity contribution < 1.29 is 9.53 Å². The Labute approximate surface area is 102 Å². The number of rotatable bonds is 5. The van der Waals surface area contributed by atoms with Crippen LogP contribution in [0.25, 0.3) is 0 Å². The van der Waals surface area contributed by atoms with Crippen molar-refractivity contribution in [3.8, 4) is 0 Å². The van der Waals surface area contributed by atoms with Crippen molar-refractivity contribution in [3.63, 3.8) is 0 Å². The molecule has 0 spiro atoms. The topological polar surface area (TPSA) is 57.0 Å². The Morgan fingerprint density at radius 3 is 2.47 bits per heavy atom. The molecule has 0 bridgehead atoms. The molecule has 0 radical (unpaired) electrons. The van der Waals surface area contributed by atoms with Gasteiger partial charge in [0.05, 0.1) is 12.8 Å². The van der Waals surface area contributed by atoms with Gasteiger partial charge in [-0.1, -0.05) is 32.9 Å². The summed E-state index contributed by atoms with van der Waals surface area (Å²) in [6.45, 7) is 9.16. The number of ether oxygens (including phenoxy) is 1. The third kappa shape index (κ3) is 3.28. The first-order valence-corrected chi connectivity index (χ1v) is 5.99. The van der Waals surface area contributed by atoms with Crippen LogP contribution in [0, 0.1) is 5.92 Å². The SMILES string of the molecule is COC(=O)c1nnn(CCC(C)C)c1C(C)C. The Hall–Kier alpha value is -1.39. The van der Waals surface area contributed by atoms with Crippen LogP contribution in [0.3, 0.4) is 0 Å². The number of methoxy groups -OCH3 is 1. The molecule has 0 aliphatic heterocycles. The van der Waals surface area contributed by atoms with Crippen molar-refractivity contribution in [1.82, 2.24) is 15.0 Å². The Bertz CT molecular complexity index is 383. The van der Waals surface area contributed by atoms with Gasteiger partial charge in [-0.2, -0.15) is 0 Å². The van der Waals surface area contributed by atoms with Gasteiger partial charge in [-0.25, -0.2) is 9.48 Å². The van der Waals surface area contributed by atoms with Gasteiger partial charge in [-0.15, -0.1) is 5.10 Å². The average molecular weight is 239 g/mol. The Morgan fingerprint density at radius 1 is 1.35 bits per heavy atom. The normalized spacial score (nSPS) is 11.2. The fourth-order valence-electron chi connectivity index (χ4n) is 1.68. The smallest absolute Gasteiger partial charge is 0.360 e. The zero-order valence-electron chi connectivity index (χ0n) is 11.2. The maximum atomic E-state index is 11.6. The summed E-state index contributed by atoms with van der Waals surface area (Å²) >= 11 is 0. The van der Waals surface area contributed by atoms with E-state index in [4.69, 9.17) is 4.74 Å². The first-order chi connectivity index (χ1) is 7.97. The molecule has 1 heterocycles. The minimum absolute atomic E-state index is 0.200. The van der Waals surface area contributed by atoms with E-state index in [-0.39, 0.29) is 5.92 Å². The summed E-state index contributed by atoms with van der Waals surface area (Å²) in [5, 5.41) is 7.97. The Balaban J connectivity index is 2.98. The van der Waals surface area contributed by atoms with Gasteiger partial charge >= 0.3 is 5.97 Å². The van der Waals surface area contributed by atoms with Gasteiger partial charge in [0.15, 0.2) is 5.69 Å². The quantitative estimate of drug-likeness (QED) is 0.739. The molecule has 0 N–H and O–H groups in total. The van der Waals surface area contributed by atoms with Crippen molar-refractivity contribution in [2.45, 2.75) is 46.6 Å². The molecule has 17 heavy (non-hydrogen) atoms. The van der Waals surface area contributed by atoms with Crippen molar-refractivity contribution in [2.24, 2.45) is 5.92 Å². The van der Waals surface area contributed by atoms with Crippen LogP contribution in [-0.4, -0.2) is 28.1 Å². The summed E-state index contributed by atoms with van der Waals surface area (Å²) in [5.41, 5.74) is 1.20. The van der Waals surface area contributed by atoms with Crippen LogP contribution >= 0.6 is 0 Å². The second-order valence-electron chi connectivity index (χ2n) is 4.88. The molecule has 1 aromatic rings. The fourth-order valence-corrected chi connectivity index (χ4v) is 1.68. The fraction of sp³-hybridized carbons (Fsp3) is 0.750. The molecule has 0 amide bonds. The summed E-state index contributed by atoms with van der Waals surface area (Å²) in [5.74, 6) is 0.386. The molecule has 5 heteroatoms. The van der Waals surface area contributed by atoms with Gasteiger partial charge in [-0.3, -0.25) is 0 Å². The molecule has 1 rings (SSSR count). The highest BCUT2D eigenvalue weighted by Gasteiger charge is 2.22. The lowest BCUT2D eigenvalue weighted by Crippen LogP contribution is -2.12. The van der Waals surface area contributed by atoms with Crippen LogP contribution in [0.5, 0.6) is 0 Å². The molecule has 0 aliphatic carbocycles. The van der Waals surface area contributed by atoms with E-state index in [1.165, 1.54) is 7.11 Å². The molecule has 5 nitrogen and oxygen atoms in total. The molecular formula is C12H21N3O2. The van der Waals surface area contributed by atoms with Crippen molar-refractivity contribution >= 4 is 5.97 Å². The van der Waals surface area contributed by atoms with Crippen LogP contribution in [-0.2, 0) is 11.3 Å². The lowest BCUT2D eigenvalue weighted by atomic mass is 10.1. The van der Waals surface area contributed by atoms with Gasteiger partial charge in [-0.05, 0) is 18.3 Å². The van der Waals surface area contributed by atoms with Crippen molar-refractivity contribution in [1.29, 1.82) is 0 Å². The summed E-state index contributed by atoms with van der Waals surface area (Å²) in [7, 11) is 1.36. The Kier molecular flexibility index (Phi) is 4.66. The minimum atomic E-state index is -0.413. The number of nitrogens with zero attached hydrogens (tertiary/aromatic N) is 3. The third-order valence-electron chi connectivity index (χ3n) is 2.62. The Morgan fingerprint density at radius 2 is 2.00 bits per heavy atom. The van der Waals surface area contributed by atoms with Gasteiger partial charge in [0.2, 0.25) is 0 Å². The second kappa shape index (κ2) is 5.80. The number of aromatic nitrogens is 3. The standard InChI is InChI=1S/C12H21N3O2/c1-8(2)6-7-15-11(9(3)4)10(13-14-15)12(16)17-5/h8-9H,6-7H2,1-5H3.